The third kappa shape index (κ3) is 3.44. The number of ether oxygens (including phenoxy) is 1. The van der Waals surface area contributed by atoms with Crippen LogP contribution in [0.15, 0.2) is 42.1 Å². The summed E-state index contributed by atoms with van der Waals surface area (Å²) >= 11 is 0. The highest BCUT2D eigenvalue weighted by molar-refractivity contribution is 5.70. The molecule has 1 aromatic rings. The van der Waals surface area contributed by atoms with Crippen LogP contribution in [0.3, 0.4) is 0 Å². The zero-order valence-electron chi connectivity index (χ0n) is 16.0. The Hall–Kier alpha value is -2.23. The number of amides is 1. The molecule has 1 unspecified atom stereocenters. The molecule has 0 saturated heterocycles. The molecule has 0 saturated carbocycles. The van der Waals surface area contributed by atoms with Crippen molar-refractivity contribution >= 4 is 11.8 Å². The molecule has 0 aromatic heterocycles. The minimum atomic E-state index is -0.483. The standard InChI is InChI=1S/C21H28N2O2/c1-14-9-10-23-17-8-7-15(13-22-19(24)25-20(2,3)4)12-16(17)21(5,6)18(23)11-14/h7-12,18H,13H2,1-6H3,(H,22,24). The molecule has 1 atom stereocenters. The van der Waals surface area contributed by atoms with Gasteiger partial charge in [0.1, 0.15) is 5.60 Å². The molecular weight excluding hydrogens is 312 g/mol. The topological polar surface area (TPSA) is 41.6 Å². The summed E-state index contributed by atoms with van der Waals surface area (Å²) < 4.78 is 5.31. The van der Waals surface area contributed by atoms with Crippen molar-refractivity contribution in [3.63, 3.8) is 0 Å². The van der Waals surface area contributed by atoms with Gasteiger partial charge in [0.2, 0.25) is 0 Å². The maximum absolute atomic E-state index is 11.9. The summed E-state index contributed by atoms with van der Waals surface area (Å²) in [4.78, 5) is 14.2. The summed E-state index contributed by atoms with van der Waals surface area (Å²) in [6.45, 7) is 12.8. The fourth-order valence-electron chi connectivity index (χ4n) is 3.54. The second-order valence-corrected chi connectivity index (χ2v) is 8.51. The Balaban J connectivity index is 1.79. The van der Waals surface area contributed by atoms with Gasteiger partial charge in [-0.3, -0.25) is 0 Å². The van der Waals surface area contributed by atoms with Crippen molar-refractivity contribution in [2.24, 2.45) is 0 Å². The summed E-state index contributed by atoms with van der Waals surface area (Å²) in [5, 5.41) is 2.84. The third-order valence-electron chi connectivity index (χ3n) is 4.83. The van der Waals surface area contributed by atoms with E-state index in [1.165, 1.54) is 16.8 Å². The van der Waals surface area contributed by atoms with Crippen molar-refractivity contribution in [2.75, 3.05) is 4.90 Å². The second kappa shape index (κ2) is 5.94. The summed E-state index contributed by atoms with van der Waals surface area (Å²) in [6, 6.07) is 6.78. The summed E-state index contributed by atoms with van der Waals surface area (Å²) in [7, 11) is 0. The predicted octanol–water partition coefficient (Wildman–Crippen LogP) is 4.65. The number of rotatable bonds is 2. The third-order valence-corrected chi connectivity index (χ3v) is 4.83. The van der Waals surface area contributed by atoms with E-state index in [-0.39, 0.29) is 11.5 Å². The van der Waals surface area contributed by atoms with Crippen molar-refractivity contribution < 1.29 is 9.53 Å². The highest BCUT2D eigenvalue weighted by Crippen LogP contribution is 2.47. The van der Waals surface area contributed by atoms with Crippen molar-refractivity contribution in [1.82, 2.24) is 5.32 Å². The monoisotopic (exact) mass is 340 g/mol. The van der Waals surface area contributed by atoms with E-state index in [9.17, 15) is 4.79 Å². The number of nitrogens with one attached hydrogen (secondary N) is 1. The number of benzene rings is 1. The molecule has 0 aliphatic carbocycles. The highest BCUT2D eigenvalue weighted by Gasteiger charge is 2.43. The van der Waals surface area contributed by atoms with Crippen molar-refractivity contribution in [2.45, 2.75) is 65.1 Å². The zero-order chi connectivity index (χ0) is 18.4. The lowest BCUT2D eigenvalue weighted by molar-refractivity contribution is 0.0523. The lowest BCUT2D eigenvalue weighted by Gasteiger charge is -2.32. The van der Waals surface area contributed by atoms with E-state index in [4.69, 9.17) is 4.74 Å². The molecule has 0 bridgehead atoms. The number of carbonyl (C=O) groups excluding carboxylic acids is 1. The predicted molar refractivity (Wildman–Crippen MR) is 102 cm³/mol. The van der Waals surface area contributed by atoms with Gasteiger partial charge < -0.3 is 15.0 Å². The first kappa shape index (κ1) is 17.6. The molecule has 0 spiro atoms. The average molecular weight is 340 g/mol. The molecule has 0 radical (unpaired) electrons. The van der Waals surface area contributed by atoms with Gasteiger partial charge in [0.25, 0.3) is 0 Å². The van der Waals surface area contributed by atoms with Crippen LogP contribution in [0.4, 0.5) is 10.5 Å². The van der Waals surface area contributed by atoms with Crippen LogP contribution in [0.5, 0.6) is 0 Å². The number of fused-ring (bicyclic) bond motifs is 3. The molecule has 2 aliphatic heterocycles. The quantitative estimate of drug-likeness (QED) is 0.852. The van der Waals surface area contributed by atoms with Crippen LogP contribution in [0.25, 0.3) is 0 Å². The maximum atomic E-state index is 11.9. The summed E-state index contributed by atoms with van der Waals surface area (Å²) in [5.74, 6) is 0. The molecule has 1 amide bonds. The van der Waals surface area contributed by atoms with E-state index in [0.29, 0.717) is 12.6 Å². The van der Waals surface area contributed by atoms with Crippen LogP contribution in [0.1, 0.15) is 52.7 Å². The fourth-order valence-corrected chi connectivity index (χ4v) is 3.54. The Morgan fingerprint density at radius 3 is 2.72 bits per heavy atom. The smallest absolute Gasteiger partial charge is 0.407 e. The molecule has 1 aromatic carbocycles. The number of hydrogen-bond acceptors (Lipinski definition) is 3. The Bertz CT molecular complexity index is 754. The minimum absolute atomic E-state index is 0.0171. The van der Waals surface area contributed by atoms with Gasteiger partial charge in [-0.1, -0.05) is 37.6 Å². The first-order valence-corrected chi connectivity index (χ1v) is 8.83. The largest absolute Gasteiger partial charge is 0.444 e. The Morgan fingerprint density at radius 2 is 2.04 bits per heavy atom. The Kier molecular flexibility index (Phi) is 4.18. The zero-order valence-corrected chi connectivity index (χ0v) is 16.0. The number of hydrogen-bond donors (Lipinski definition) is 1. The molecule has 25 heavy (non-hydrogen) atoms. The molecule has 0 fully saturated rings. The van der Waals surface area contributed by atoms with E-state index < -0.39 is 5.60 Å². The number of carbonyl (C=O) groups is 1. The summed E-state index contributed by atoms with van der Waals surface area (Å²) in [5.41, 5.74) is 4.48. The SMILES string of the molecule is CC1=CC2N(C=C1)c1ccc(CNC(=O)OC(C)(C)C)cc1C2(C)C. The molecule has 2 heterocycles. The van der Waals surface area contributed by atoms with Crippen LogP contribution in [-0.4, -0.2) is 17.7 Å². The minimum Gasteiger partial charge on any atom is -0.444 e. The molecule has 134 valence electrons. The summed E-state index contributed by atoms with van der Waals surface area (Å²) in [6.07, 6.45) is 6.27. The highest BCUT2D eigenvalue weighted by atomic mass is 16.6. The van der Waals surface area contributed by atoms with Gasteiger partial charge in [-0.25, -0.2) is 4.79 Å². The lowest BCUT2D eigenvalue weighted by Crippen LogP contribution is -2.38. The van der Waals surface area contributed by atoms with Crippen molar-refractivity contribution in [3.8, 4) is 0 Å². The number of nitrogens with zero attached hydrogens (tertiary/aromatic N) is 1. The average Bonchev–Trinajstić information content (AvgIpc) is 2.71. The van der Waals surface area contributed by atoms with Crippen LogP contribution < -0.4 is 10.2 Å². The van der Waals surface area contributed by atoms with Gasteiger partial charge in [0.15, 0.2) is 0 Å². The van der Waals surface area contributed by atoms with Gasteiger partial charge in [0.05, 0.1) is 6.04 Å². The maximum Gasteiger partial charge on any atom is 0.407 e. The molecule has 4 heteroatoms. The van der Waals surface area contributed by atoms with Crippen LogP contribution in [0.2, 0.25) is 0 Å². The molecule has 4 nitrogen and oxygen atoms in total. The van der Waals surface area contributed by atoms with E-state index in [1.54, 1.807) is 0 Å². The number of anilines is 1. The normalized spacial score (nSPS) is 20.6. The molecule has 3 rings (SSSR count). The van der Waals surface area contributed by atoms with Gasteiger partial charge in [0, 0.05) is 23.8 Å². The van der Waals surface area contributed by atoms with Crippen LogP contribution >= 0.6 is 0 Å². The molecular formula is C21H28N2O2. The number of allylic oxidation sites excluding steroid dienone is 2. The fraction of sp³-hybridized carbons (Fsp3) is 0.476. The number of alkyl carbamates (subject to hydrolysis) is 1. The van der Waals surface area contributed by atoms with Crippen molar-refractivity contribution in [1.29, 1.82) is 0 Å². The van der Waals surface area contributed by atoms with Crippen LogP contribution in [0, 0.1) is 0 Å². The van der Waals surface area contributed by atoms with Gasteiger partial charge >= 0.3 is 6.09 Å². The van der Waals surface area contributed by atoms with Crippen LogP contribution in [-0.2, 0) is 16.7 Å². The van der Waals surface area contributed by atoms with Crippen molar-refractivity contribution in [3.05, 3.63) is 53.3 Å². The molecule has 1 N–H and O–H groups in total. The second-order valence-electron chi connectivity index (χ2n) is 8.51. The first-order valence-electron chi connectivity index (χ1n) is 8.83. The van der Waals surface area contributed by atoms with Gasteiger partial charge in [-0.05, 0) is 51.0 Å². The lowest BCUT2D eigenvalue weighted by atomic mass is 9.79. The van der Waals surface area contributed by atoms with Gasteiger partial charge in [-0.15, -0.1) is 0 Å². The van der Waals surface area contributed by atoms with E-state index in [2.05, 4.69) is 67.5 Å². The van der Waals surface area contributed by atoms with Gasteiger partial charge in [-0.2, -0.15) is 0 Å². The van der Waals surface area contributed by atoms with E-state index >= 15 is 0 Å². The molecule has 2 aliphatic rings. The Labute approximate surface area is 150 Å². The van der Waals surface area contributed by atoms with E-state index in [0.717, 1.165) is 5.56 Å². The Morgan fingerprint density at radius 1 is 1.32 bits per heavy atom. The first-order chi connectivity index (χ1) is 11.6. The van der Waals surface area contributed by atoms with E-state index in [1.807, 2.05) is 20.8 Å².